The molecule has 4 heteroatoms. The van der Waals surface area contributed by atoms with Gasteiger partial charge in [-0.3, -0.25) is 0 Å². The lowest BCUT2D eigenvalue weighted by Crippen LogP contribution is -2.35. The van der Waals surface area contributed by atoms with Gasteiger partial charge in [-0.15, -0.1) is 0 Å². The molecule has 0 aliphatic carbocycles. The largest absolute Gasteiger partial charge is 0.373 e. The highest BCUT2D eigenvalue weighted by Gasteiger charge is 2.31. The van der Waals surface area contributed by atoms with Gasteiger partial charge < -0.3 is 10.2 Å². The second-order valence-electron chi connectivity index (χ2n) is 7.49. The minimum absolute atomic E-state index is 0.0406. The smallest absolute Gasteiger partial charge is 0.138 e. The predicted octanol–water partition coefficient (Wildman–Crippen LogP) is 3.75. The van der Waals surface area contributed by atoms with E-state index in [9.17, 15) is 0 Å². The first-order valence-electron chi connectivity index (χ1n) is 8.09. The van der Waals surface area contributed by atoms with Crippen LogP contribution in [0.2, 0.25) is 0 Å². The molecule has 0 spiro atoms. The van der Waals surface area contributed by atoms with E-state index in [4.69, 9.17) is 9.97 Å². The standard InChI is InChI=1S/C17H30N4/c1-11(2)13-9-8-10-21(13)15-12(3)14(18-7)19-16(20-15)17(4,5)6/h11,13H,8-10H2,1-7H3,(H,18,19,20). The molecule has 1 fully saturated rings. The fourth-order valence-electron chi connectivity index (χ4n) is 3.11. The molecule has 1 saturated heterocycles. The maximum Gasteiger partial charge on any atom is 0.138 e. The molecule has 1 N–H and O–H groups in total. The summed E-state index contributed by atoms with van der Waals surface area (Å²) in [6.07, 6.45) is 2.52. The van der Waals surface area contributed by atoms with E-state index in [1.807, 2.05) is 7.05 Å². The number of nitrogens with one attached hydrogen (secondary N) is 1. The van der Waals surface area contributed by atoms with Crippen LogP contribution < -0.4 is 10.2 Å². The third kappa shape index (κ3) is 3.14. The highest BCUT2D eigenvalue weighted by Crippen LogP contribution is 2.34. The normalized spacial score (nSPS) is 19.4. The Bertz CT molecular complexity index is 502. The second-order valence-corrected chi connectivity index (χ2v) is 7.49. The quantitative estimate of drug-likeness (QED) is 0.920. The summed E-state index contributed by atoms with van der Waals surface area (Å²) < 4.78 is 0. The van der Waals surface area contributed by atoms with Crippen molar-refractivity contribution in [3.05, 3.63) is 11.4 Å². The molecule has 0 aromatic carbocycles. The summed E-state index contributed by atoms with van der Waals surface area (Å²) in [4.78, 5) is 12.2. The Hall–Kier alpha value is -1.32. The molecule has 118 valence electrons. The zero-order chi connectivity index (χ0) is 15.8. The van der Waals surface area contributed by atoms with Crippen LogP contribution in [0.3, 0.4) is 0 Å². The first-order chi connectivity index (χ1) is 9.75. The first kappa shape index (κ1) is 16.1. The molecular weight excluding hydrogens is 260 g/mol. The summed E-state index contributed by atoms with van der Waals surface area (Å²) in [6, 6.07) is 0.594. The van der Waals surface area contributed by atoms with Crippen molar-refractivity contribution in [3.8, 4) is 0 Å². The maximum atomic E-state index is 4.94. The van der Waals surface area contributed by atoms with E-state index in [1.165, 1.54) is 12.8 Å². The third-order valence-electron chi connectivity index (χ3n) is 4.37. The number of aromatic nitrogens is 2. The molecule has 0 saturated carbocycles. The minimum Gasteiger partial charge on any atom is -0.373 e. The number of anilines is 2. The average Bonchev–Trinajstić information content (AvgIpc) is 2.86. The lowest BCUT2D eigenvalue weighted by Gasteiger charge is -2.31. The molecule has 1 atom stereocenters. The Balaban J connectivity index is 2.51. The van der Waals surface area contributed by atoms with Crippen molar-refractivity contribution < 1.29 is 0 Å². The van der Waals surface area contributed by atoms with Gasteiger partial charge in [-0.1, -0.05) is 34.6 Å². The van der Waals surface area contributed by atoms with Crippen LogP contribution >= 0.6 is 0 Å². The molecule has 2 rings (SSSR count). The van der Waals surface area contributed by atoms with Crippen molar-refractivity contribution in [1.82, 2.24) is 9.97 Å². The summed E-state index contributed by atoms with van der Waals surface area (Å²) in [5.41, 5.74) is 1.12. The summed E-state index contributed by atoms with van der Waals surface area (Å²) in [5.74, 6) is 3.65. The van der Waals surface area contributed by atoms with Gasteiger partial charge in [0.25, 0.3) is 0 Å². The SMILES string of the molecule is CNc1nc(C(C)(C)C)nc(N2CCCC2C(C)C)c1C. The Morgan fingerprint density at radius 2 is 1.90 bits per heavy atom. The number of hydrogen-bond donors (Lipinski definition) is 1. The molecule has 1 aliphatic heterocycles. The predicted molar refractivity (Wildman–Crippen MR) is 90.2 cm³/mol. The van der Waals surface area contributed by atoms with E-state index in [1.54, 1.807) is 0 Å². The van der Waals surface area contributed by atoms with Crippen LogP contribution in [-0.2, 0) is 5.41 Å². The molecule has 1 unspecified atom stereocenters. The number of hydrogen-bond acceptors (Lipinski definition) is 4. The van der Waals surface area contributed by atoms with Crippen LogP contribution in [0.1, 0.15) is 58.8 Å². The maximum absolute atomic E-state index is 4.94. The van der Waals surface area contributed by atoms with Crippen LogP contribution in [0.4, 0.5) is 11.6 Å². The van der Waals surface area contributed by atoms with Crippen molar-refractivity contribution in [2.75, 3.05) is 23.8 Å². The van der Waals surface area contributed by atoms with Gasteiger partial charge >= 0.3 is 0 Å². The van der Waals surface area contributed by atoms with Gasteiger partial charge in [0.1, 0.15) is 17.5 Å². The van der Waals surface area contributed by atoms with E-state index in [0.717, 1.165) is 29.6 Å². The zero-order valence-corrected chi connectivity index (χ0v) is 14.6. The average molecular weight is 290 g/mol. The van der Waals surface area contributed by atoms with Crippen molar-refractivity contribution in [2.45, 2.75) is 65.8 Å². The van der Waals surface area contributed by atoms with E-state index >= 15 is 0 Å². The lowest BCUT2D eigenvalue weighted by molar-refractivity contribution is 0.485. The Kier molecular flexibility index (Phi) is 4.45. The van der Waals surface area contributed by atoms with Gasteiger partial charge in [0.05, 0.1) is 0 Å². The van der Waals surface area contributed by atoms with E-state index in [0.29, 0.717) is 12.0 Å². The topological polar surface area (TPSA) is 41.1 Å². The van der Waals surface area contributed by atoms with Gasteiger partial charge in [-0.25, -0.2) is 9.97 Å². The van der Waals surface area contributed by atoms with Gasteiger partial charge in [-0.05, 0) is 25.7 Å². The first-order valence-corrected chi connectivity index (χ1v) is 8.09. The van der Waals surface area contributed by atoms with Crippen LogP contribution in [0.25, 0.3) is 0 Å². The van der Waals surface area contributed by atoms with Crippen molar-refractivity contribution in [2.24, 2.45) is 5.92 Å². The fraction of sp³-hybridized carbons (Fsp3) is 0.765. The van der Waals surface area contributed by atoms with E-state index in [2.05, 4.69) is 51.8 Å². The van der Waals surface area contributed by atoms with Crippen molar-refractivity contribution in [1.29, 1.82) is 0 Å². The molecule has 0 bridgehead atoms. The van der Waals surface area contributed by atoms with Gasteiger partial charge in [0.2, 0.25) is 0 Å². The fourth-order valence-corrected chi connectivity index (χ4v) is 3.11. The van der Waals surface area contributed by atoms with Crippen LogP contribution in [0.15, 0.2) is 0 Å². The van der Waals surface area contributed by atoms with Gasteiger partial charge in [0.15, 0.2) is 0 Å². The molecule has 1 aliphatic rings. The van der Waals surface area contributed by atoms with E-state index in [-0.39, 0.29) is 5.41 Å². The van der Waals surface area contributed by atoms with Crippen LogP contribution in [-0.4, -0.2) is 29.6 Å². The van der Waals surface area contributed by atoms with Crippen molar-refractivity contribution in [3.63, 3.8) is 0 Å². The molecule has 1 aromatic rings. The molecular formula is C17H30N4. The van der Waals surface area contributed by atoms with Crippen molar-refractivity contribution >= 4 is 11.6 Å². The summed E-state index contributed by atoms with van der Waals surface area (Å²) in [5, 5.41) is 3.24. The van der Waals surface area contributed by atoms with Gasteiger partial charge in [0, 0.05) is 30.6 Å². The van der Waals surface area contributed by atoms with Gasteiger partial charge in [-0.2, -0.15) is 0 Å². The number of rotatable bonds is 3. The lowest BCUT2D eigenvalue weighted by atomic mass is 9.95. The van der Waals surface area contributed by atoms with Crippen LogP contribution in [0.5, 0.6) is 0 Å². The summed E-state index contributed by atoms with van der Waals surface area (Å²) in [7, 11) is 1.94. The van der Waals surface area contributed by atoms with Crippen LogP contribution in [0, 0.1) is 12.8 Å². The highest BCUT2D eigenvalue weighted by atomic mass is 15.3. The molecule has 0 amide bonds. The highest BCUT2D eigenvalue weighted by molar-refractivity contribution is 5.59. The molecule has 0 radical (unpaired) electrons. The minimum atomic E-state index is -0.0406. The number of nitrogens with zero attached hydrogens (tertiary/aromatic N) is 3. The summed E-state index contributed by atoms with van der Waals surface area (Å²) >= 11 is 0. The second kappa shape index (κ2) is 5.82. The third-order valence-corrected chi connectivity index (χ3v) is 4.37. The molecule has 21 heavy (non-hydrogen) atoms. The monoisotopic (exact) mass is 290 g/mol. The molecule has 1 aromatic heterocycles. The Morgan fingerprint density at radius 1 is 1.24 bits per heavy atom. The Morgan fingerprint density at radius 3 is 2.43 bits per heavy atom. The molecule has 4 nitrogen and oxygen atoms in total. The summed E-state index contributed by atoms with van der Waals surface area (Å²) in [6.45, 7) is 14.4. The zero-order valence-electron chi connectivity index (χ0n) is 14.6. The Labute approximate surface area is 129 Å². The molecule has 2 heterocycles. The van der Waals surface area contributed by atoms with E-state index < -0.39 is 0 Å².